The molecule has 0 saturated carbocycles. The van der Waals surface area contributed by atoms with Crippen molar-refractivity contribution in [2.75, 3.05) is 17.2 Å². The van der Waals surface area contributed by atoms with Crippen LogP contribution < -0.4 is 10.6 Å². The molecule has 2 fully saturated rings. The molecule has 7 heteroatoms. The van der Waals surface area contributed by atoms with Crippen molar-refractivity contribution in [3.8, 4) is 0 Å². The monoisotopic (exact) mass is 332 g/mol. The van der Waals surface area contributed by atoms with Crippen LogP contribution in [0.3, 0.4) is 0 Å². The van der Waals surface area contributed by atoms with Crippen molar-refractivity contribution in [1.82, 2.24) is 9.88 Å². The van der Waals surface area contributed by atoms with Crippen molar-refractivity contribution in [3.63, 3.8) is 0 Å². The molecule has 3 rings (SSSR count). The summed E-state index contributed by atoms with van der Waals surface area (Å²) in [5.41, 5.74) is 5.78. The number of ether oxygens (including phenoxy) is 1. The van der Waals surface area contributed by atoms with E-state index in [2.05, 4.69) is 4.98 Å². The number of pyridine rings is 1. The SMILES string of the molecule is CC(C)(C)OC(=O)N1[C@@H]2CC[C@H]1CC(=O)N(c1ccc(N)nc1)C2. The second-order valence-electron chi connectivity index (χ2n) is 7.42. The van der Waals surface area contributed by atoms with Gasteiger partial charge < -0.3 is 15.4 Å². The molecule has 2 N–H and O–H groups in total. The Bertz CT molecular complexity index is 638. The van der Waals surface area contributed by atoms with Crippen LogP contribution in [-0.4, -0.2) is 46.1 Å². The zero-order chi connectivity index (χ0) is 17.5. The largest absolute Gasteiger partial charge is 0.444 e. The van der Waals surface area contributed by atoms with Gasteiger partial charge in [0.05, 0.1) is 17.9 Å². The highest BCUT2D eigenvalue weighted by atomic mass is 16.6. The second-order valence-corrected chi connectivity index (χ2v) is 7.42. The quantitative estimate of drug-likeness (QED) is 0.851. The van der Waals surface area contributed by atoms with E-state index in [-0.39, 0.29) is 24.1 Å². The average molecular weight is 332 g/mol. The lowest BCUT2D eigenvalue weighted by molar-refractivity contribution is -0.119. The van der Waals surface area contributed by atoms with Gasteiger partial charge in [0.25, 0.3) is 0 Å². The summed E-state index contributed by atoms with van der Waals surface area (Å²) in [5.74, 6) is 0.417. The van der Waals surface area contributed by atoms with Gasteiger partial charge in [-0.1, -0.05) is 0 Å². The molecule has 0 unspecified atom stereocenters. The Morgan fingerprint density at radius 2 is 2.00 bits per heavy atom. The fraction of sp³-hybridized carbons (Fsp3) is 0.588. The molecule has 1 aromatic rings. The topological polar surface area (TPSA) is 88.8 Å². The number of carbonyl (C=O) groups is 2. The molecule has 1 aromatic heterocycles. The highest BCUT2D eigenvalue weighted by Gasteiger charge is 2.44. The maximum atomic E-state index is 12.6. The van der Waals surface area contributed by atoms with Crippen LogP contribution >= 0.6 is 0 Å². The van der Waals surface area contributed by atoms with Gasteiger partial charge in [0.15, 0.2) is 0 Å². The molecule has 2 amide bonds. The Hall–Kier alpha value is -2.31. The van der Waals surface area contributed by atoms with Gasteiger partial charge in [0.1, 0.15) is 11.4 Å². The molecule has 0 spiro atoms. The molecule has 3 heterocycles. The van der Waals surface area contributed by atoms with Crippen LogP contribution in [0.2, 0.25) is 0 Å². The third-order valence-electron chi connectivity index (χ3n) is 4.41. The first-order valence-corrected chi connectivity index (χ1v) is 8.28. The molecule has 2 aliphatic heterocycles. The van der Waals surface area contributed by atoms with Crippen LogP contribution in [0.5, 0.6) is 0 Å². The van der Waals surface area contributed by atoms with E-state index in [1.165, 1.54) is 0 Å². The third-order valence-corrected chi connectivity index (χ3v) is 4.41. The fourth-order valence-corrected chi connectivity index (χ4v) is 3.38. The van der Waals surface area contributed by atoms with Crippen LogP contribution in [0, 0.1) is 0 Å². The molecule has 7 nitrogen and oxygen atoms in total. The average Bonchev–Trinajstić information content (AvgIpc) is 2.79. The number of hydrogen-bond acceptors (Lipinski definition) is 5. The van der Waals surface area contributed by atoms with E-state index in [9.17, 15) is 9.59 Å². The van der Waals surface area contributed by atoms with Crippen LogP contribution in [0.1, 0.15) is 40.0 Å². The zero-order valence-electron chi connectivity index (χ0n) is 14.4. The Labute approximate surface area is 141 Å². The van der Waals surface area contributed by atoms with E-state index in [1.54, 1.807) is 28.1 Å². The first kappa shape index (κ1) is 16.5. The summed E-state index contributed by atoms with van der Waals surface area (Å²) in [6, 6.07) is 3.34. The van der Waals surface area contributed by atoms with Crippen LogP contribution in [-0.2, 0) is 9.53 Å². The number of nitrogens with two attached hydrogens (primary N) is 1. The number of hydrogen-bond donors (Lipinski definition) is 1. The Morgan fingerprint density at radius 1 is 1.29 bits per heavy atom. The van der Waals surface area contributed by atoms with E-state index in [0.717, 1.165) is 12.8 Å². The van der Waals surface area contributed by atoms with Gasteiger partial charge in [0, 0.05) is 19.0 Å². The van der Waals surface area contributed by atoms with Crippen LogP contribution in [0.15, 0.2) is 18.3 Å². The van der Waals surface area contributed by atoms with Gasteiger partial charge >= 0.3 is 6.09 Å². The van der Waals surface area contributed by atoms with Gasteiger partial charge in [-0.2, -0.15) is 0 Å². The first-order chi connectivity index (χ1) is 11.2. The van der Waals surface area contributed by atoms with Gasteiger partial charge in [-0.25, -0.2) is 9.78 Å². The van der Waals surface area contributed by atoms with Gasteiger partial charge in [0.2, 0.25) is 5.91 Å². The molecule has 24 heavy (non-hydrogen) atoms. The Balaban J connectivity index is 1.82. The van der Waals surface area contributed by atoms with E-state index in [1.807, 2.05) is 20.8 Å². The van der Waals surface area contributed by atoms with Crippen LogP contribution in [0.4, 0.5) is 16.3 Å². The van der Waals surface area contributed by atoms with Crippen molar-refractivity contribution in [1.29, 1.82) is 0 Å². The lowest BCUT2D eigenvalue weighted by Crippen LogP contribution is -2.45. The number of fused-ring (bicyclic) bond motifs is 2. The highest BCUT2D eigenvalue weighted by molar-refractivity contribution is 5.94. The normalized spacial score (nSPS) is 24.0. The minimum Gasteiger partial charge on any atom is -0.444 e. The first-order valence-electron chi connectivity index (χ1n) is 8.28. The Morgan fingerprint density at radius 3 is 2.62 bits per heavy atom. The van der Waals surface area contributed by atoms with E-state index in [0.29, 0.717) is 24.5 Å². The number of amides is 2. The summed E-state index contributed by atoms with van der Waals surface area (Å²) in [6.07, 6.45) is 3.28. The molecular formula is C17H24N4O3. The molecule has 2 saturated heterocycles. The molecule has 2 bridgehead atoms. The van der Waals surface area contributed by atoms with Crippen molar-refractivity contribution in [2.45, 2.75) is 57.7 Å². The second kappa shape index (κ2) is 5.96. The number of rotatable bonds is 1. The summed E-state index contributed by atoms with van der Waals surface area (Å²) in [4.78, 5) is 32.7. The summed E-state index contributed by atoms with van der Waals surface area (Å²) < 4.78 is 5.53. The smallest absolute Gasteiger partial charge is 0.410 e. The highest BCUT2D eigenvalue weighted by Crippen LogP contribution is 2.33. The van der Waals surface area contributed by atoms with Crippen molar-refractivity contribution < 1.29 is 14.3 Å². The maximum Gasteiger partial charge on any atom is 0.410 e. The number of anilines is 2. The van der Waals surface area contributed by atoms with Crippen molar-refractivity contribution >= 4 is 23.5 Å². The zero-order valence-corrected chi connectivity index (χ0v) is 14.4. The number of nitrogens with zero attached hydrogens (tertiary/aromatic N) is 3. The molecular weight excluding hydrogens is 308 g/mol. The van der Waals surface area contributed by atoms with Crippen LogP contribution in [0.25, 0.3) is 0 Å². The van der Waals surface area contributed by atoms with E-state index in [4.69, 9.17) is 10.5 Å². The third kappa shape index (κ3) is 3.29. The summed E-state index contributed by atoms with van der Waals surface area (Å²) in [5, 5.41) is 0. The lowest BCUT2D eigenvalue weighted by atomic mass is 10.1. The molecule has 2 atom stereocenters. The van der Waals surface area contributed by atoms with Crippen molar-refractivity contribution in [2.24, 2.45) is 0 Å². The summed E-state index contributed by atoms with van der Waals surface area (Å²) in [7, 11) is 0. The summed E-state index contributed by atoms with van der Waals surface area (Å²) >= 11 is 0. The minimum absolute atomic E-state index is 0.00216. The molecule has 0 aromatic carbocycles. The van der Waals surface area contributed by atoms with Crippen molar-refractivity contribution in [3.05, 3.63) is 18.3 Å². The lowest BCUT2D eigenvalue weighted by Gasteiger charge is -2.31. The number of carbonyl (C=O) groups excluding carboxylic acids is 2. The standard InChI is InChI=1S/C17H24N4O3/c1-17(2,3)24-16(23)21-11-4-5-13(21)10-20(15(22)8-11)12-6-7-14(18)19-9-12/h6-7,9,11,13H,4-5,8,10H2,1-3H3,(H2,18,19)/t11-,13+/m0/s1. The van der Waals surface area contributed by atoms with Gasteiger partial charge in [-0.05, 0) is 45.7 Å². The molecule has 130 valence electrons. The number of aromatic nitrogens is 1. The van der Waals surface area contributed by atoms with E-state index >= 15 is 0 Å². The van der Waals surface area contributed by atoms with E-state index < -0.39 is 5.60 Å². The summed E-state index contributed by atoms with van der Waals surface area (Å²) in [6.45, 7) is 6.01. The Kier molecular flexibility index (Phi) is 4.11. The minimum atomic E-state index is -0.548. The fourth-order valence-electron chi connectivity index (χ4n) is 3.38. The molecule has 0 radical (unpaired) electrons. The predicted octanol–water partition coefficient (Wildman–Crippen LogP) is 2.17. The molecule has 2 aliphatic rings. The number of nitrogen functional groups attached to an aromatic ring is 1. The molecule has 0 aliphatic carbocycles. The van der Waals surface area contributed by atoms with Gasteiger partial charge in [-0.3, -0.25) is 9.69 Å². The van der Waals surface area contributed by atoms with Gasteiger partial charge in [-0.15, -0.1) is 0 Å². The maximum absolute atomic E-state index is 12.6. The predicted molar refractivity (Wildman–Crippen MR) is 90.5 cm³/mol.